The molecule has 0 spiro atoms. The minimum absolute atomic E-state index is 0.303. The third kappa shape index (κ3) is 8.05. The molecule has 3 aromatic carbocycles. The highest BCUT2D eigenvalue weighted by molar-refractivity contribution is 5.89. The van der Waals surface area contributed by atoms with E-state index in [0.29, 0.717) is 37.7 Å². The molecule has 4 N–H and O–H groups in total. The molecule has 0 atom stereocenters. The molecule has 0 fully saturated rings. The number of benzene rings is 3. The zero-order chi connectivity index (χ0) is 24.2. The van der Waals surface area contributed by atoms with Gasteiger partial charge in [-0.3, -0.25) is 0 Å². The van der Waals surface area contributed by atoms with E-state index in [1.54, 1.807) is 24.3 Å². The largest absolute Gasteiger partial charge is 0.494 e. The summed E-state index contributed by atoms with van der Waals surface area (Å²) in [4.78, 5) is 24.4. The maximum absolute atomic E-state index is 12.2. The second kappa shape index (κ2) is 12.7. The van der Waals surface area contributed by atoms with Crippen molar-refractivity contribution in [3.05, 3.63) is 83.9 Å². The van der Waals surface area contributed by atoms with Crippen LogP contribution >= 0.6 is 0 Å². The Kier molecular flexibility index (Phi) is 9.16. The lowest BCUT2D eigenvalue weighted by Crippen LogP contribution is -2.29. The number of ether oxygens (including phenoxy) is 2. The summed E-state index contributed by atoms with van der Waals surface area (Å²) in [7, 11) is 0. The van der Waals surface area contributed by atoms with E-state index in [1.807, 2.05) is 62.4 Å². The van der Waals surface area contributed by atoms with Crippen LogP contribution in [0.15, 0.2) is 72.8 Å². The van der Waals surface area contributed by atoms with Crippen LogP contribution in [0.4, 0.5) is 21.0 Å². The van der Waals surface area contributed by atoms with Gasteiger partial charge in [-0.1, -0.05) is 24.3 Å². The van der Waals surface area contributed by atoms with Crippen molar-refractivity contribution in [1.29, 1.82) is 0 Å². The minimum atomic E-state index is -0.303. The summed E-state index contributed by atoms with van der Waals surface area (Å²) in [5.41, 5.74) is 3.20. The molecule has 4 amide bonds. The lowest BCUT2D eigenvalue weighted by Gasteiger charge is -2.11. The van der Waals surface area contributed by atoms with Crippen molar-refractivity contribution in [2.75, 3.05) is 23.8 Å². The zero-order valence-corrected chi connectivity index (χ0v) is 19.4. The first-order valence-corrected chi connectivity index (χ1v) is 11.2. The number of carbonyl (C=O) groups is 2. The Bertz CT molecular complexity index is 986. The highest BCUT2D eigenvalue weighted by Crippen LogP contribution is 2.16. The number of urea groups is 2. The summed E-state index contributed by atoms with van der Waals surface area (Å²) >= 11 is 0. The average molecular weight is 463 g/mol. The summed E-state index contributed by atoms with van der Waals surface area (Å²) < 4.78 is 10.8. The van der Waals surface area contributed by atoms with E-state index >= 15 is 0 Å². The number of nitrogens with one attached hydrogen (secondary N) is 4. The number of amides is 4. The topological polar surface area (TPSA) is 101 Å². The maximum Gasteiger partial charge on any atom is 0.319 e. The molecular formula is C26H30N4O4. The Hall–Kier alpha value is -4.20. The van der Waals surface area contributed by atoms with Gasteiger partial charge in [0, 0.05) is 24.5 Å². The highest BCUT2D eigenvalue weighted by Gasteiger charge is 2.05. The van der Waals surface area contributed by atoms with Gasteiger partial charge in [-0.2, -0.15) is 0 Å². The summed E-state index contributed by atoms with van der Waals surface area (Å²) in [6.45, 7) is 5.74. The van der Waals surface area contributed by atoms with Crippen molar-refractivity contribution in [3.8, 4) is 11.5 Å². The summed E-state index contributed by atoms with van der Waals surface area (Å²) in [6.07, 6.45) is 0. The molecule has 0 aliphatic carbocycles. The van der Waals surface area contributed by atoms with Gasteiger partial charge < -0.3 is 30.7 Å². The quantitative estimate of drug-likeness (QED) is 0.336. The number of hydrogen-bond acceptors (Lipinski definition) is 4. The van der Waals surface area contributed by atoms with Gasteiger partial charge in [0.05, 0.1) is 13.2 Å². The molecule has 0 aromatic heterocycles. The predicted molar refractivity (Wildman–Crippen MR) is 133 cm³/mol. The smallest absolute Gasteiger partial charge is 0.319 e. The second-order valence-corrected chi connectivity index (χ2v) is 7.35. The molecule has 8 heteroatoms. The normalized spacial score (nSPS) is 10.2. The SMILES string of the molecule is CCOc1ccc(NC(=O)NCc2cccc(CNC(=O)Nc3ccc(OCC)cc3)c2)cc1. The Labute approximate surface area is 199 Å². The van der Waals surface area contributed by atoms with Gasteiger partial charge in [0.2, 0.25) is 0 Å². The molecule has 0 aliphatic rings. The van der Waals surface area contributed by atoms with Gasteiger partial charge in [0.15, 0.2) is 0 Å². The van der Waals surface area contributed by atoms with Crippen LogP contribution in [0.2, 0.25) is 0 Å². The summed E-state index contributed by atoms with van der Waals surface area (Å²) in [5, 5.41) is 11.3. The van der Waals surface area contributed by atoms with E-state index < -0.39 is 0 Å². The molecule has 0 unspecified atom stereocenters. The van der Waals surface area contributed by atoms with Gasteiger partial charge in [0.1, 0.15) is 11.5 Å². The van der Waals surface area contributed by atoms with E-state index in [4.69, 9.17) is 9.47 Å². The van der Waals surface area contributed by atoms with Crippen LogP contribution in [-0.4, -0.2) is 25.3 Å². The molecule has 178 valence electrons. The van der Waals surface area contributed by atoms with E-state index in [0.717, 1.165) is 22.6 Å². The molecular weight excluding hydrogens is 432 g/mol. The van der Waals surface area contributed by atoms with Crippen molar-refractivity contribution in [1.82, 2.24) is 10.6 Å². The highest BCUT2D eigenvalue weighted by atomic mass is 16.5. The first-order chi connectivity index (χ1) is 16.6. The third-order valence-electron chi connectivity index (χ3n) is 4.74. The van der Waals surface area contributed by atoms with Crippen LogP contribution in [0.1, 0.15) is 25.0 Å². The minimum Gasteiger partial charge on any atom is -0.494 e. The van der Waals surface area contributed by atoms with Crippen molar-refractivity contribution in [2.24, 2.45) is 0 Å². The second-order valence-electron chi connectivity index (χ2n) is 7.35. The average Bonchev–Trinajstić information content (AvgIpc) is 2.85. The van der Waals surface area contributed by atoms with E-state index in [-0.39, 0.29) is 12.1 Å². The molecule has 0 aliphatic heterocycles. The molecule has 0 heterocycles. The van der Waals surface area contributed by atoms with Gasteiger partial charge in [-0.05, 0) is 73.5 Å². The van der Waals surface area contributed by atoms with Gasteiger partial charge >= 0.3 is 12.1 Å². The van der Waals surface area contributed by atoms with Gasteiger partial charge in [0.25, 0.3) is 0 Å². The first kappa shape index (κ1) is 24.4. The van der Waals surface area contributed by atoms with E-state index in [1.165, 1.54) is 0 Å². The first-order valence-electron chi connectivity index (χ1n) is 11.2. The Morgan fingerprint density at radius 1 is 0.647 bits per heavy atom. The van der Waals surface area contributed by atoms with Crippen LogP contribution < -0.4 is 30.7 Å². The Morgan fingerprint density at radius 2 is 1.06 bits per heavy atom. The number of anilines is 2. The molecule has 0 saturated heterocycles. The molecule has 3 aromatic rings. The third-order valence-corrected chi connectivity index (χ3v) is 4.74. The number of hydrogen-bond donors (Lipinski definition) is 4. The van der Waals surface area contributed by atoms with Crippen molar-refractivity contribution in [2.45, 2.75) is 26.9 Å². The molecule has 0 radical (unpaired) electrons. The molecule has 8 nitrogen and oxygen atoms in total. The fraction of sp³-hybridized carbons (Fsp3) is 0.231. The van der Waals surface area contributed by atoms with Gasteiger partial charge in [-0.25, -0.2) is 9.59 Å². The summed E-state index contributed by atoms with van der Waals surface area (Å²) in [5.74, 6) is 1.51. The van der Waals surface area contributed by atoms with Crippen LogP contribution in [0.25, 0.3) is 0 Å². The monoisotopic (exact) mass is 462 g/mol. The standard InChI is InChI=1S/C26H30N4O4/c1-3-33-23-12-8-21(9-13-23)29-25(31)27-17-19-6-5-7-20(16-19)18-28-26(32)30-22-10-14-24(15-11-22)34-4-2/h5-16H,3-4,17-18H2,1-2H3,(H2,27,29,31)(H2,28,30,32). The Balaban J connectivity index is 1.43. The predicted octanol–water partition coefficient (Wildman–Crippen LogP) is 5.13. The number of rotatable bonds is 10. The summed E-state index contributed by atoms with van der Waals surface area (Å²) in [6, 6.07) is 21.4. The fourth-order valence-electron chi connectivity index (χ4n) is 3.17. The van der Waals surface area contributed by atoms with Crippen LogP contribution in [0.5, 0.6) is 11.5 Å². The van der Waals surface area contributed by atoms with Crippen molar-refractivity contribution in [3.63, 3.8) is 0 Å². The van der Waals surface area contributed by atoms with Crippen LogP contribution in [-0.2, 0) is 13.1 Å². The lowest BCUT2D eigenvalue weighted by atomic mass is 10.1. The number of carbonyl (C=O) groups excluding carboxylic acids is 2. The fourth-order valence-corrected chi connectivity index (χ4v) is 3.17. The maximum atomic E-state index is 12.2. The molecule has 0 saturated carbocycles. The lowest BCUT2D eigenvalue weighted by molar-refractivity contribution is 0.251. The molecule has 3 rings (SSSR count). The van der Waals surface area contributed by atoms with Crippen molar-refractivity contribution >= 4 is 23.4 Å². The van der Waals surface area contributed by atoms with E-state index in [2.05, 4.69) is 21.3 Å². The van der Waals surface area contributed by atoms with E-state index in [9.17, 15) is 9.59 Å². The Morgan fingerprint density at radius 3 is 1.44 bits per heavy atom. The molecule has 0 bridgehead atoms. The molecule has 34 heavy (non-hydrogen) atoms. The van der Waals surface area contributed by atoms with Crippen LogP contribution in [0, 0.1) is 0 Å². The zero-order valence-electron chi connectivity index (χ0n) is 19.4. The van der Waals surface area contributed by atoms with Crippen molar-refractivity contribution < 1.29 is 19.1 Å². The van der Waals surface area contributed by atoms with Crippen LogP contribution in [0.3, 0.4) is 0 Å². The van der Waals surface area contributed by atoms with Gasteiger partial charge in [-0.15, -0.1) is 0 Å².